The van der Waals surface area contributed by atoms with Crippen LogP contribution in [0.15, 0.2) is 0 Å². The fourth-order valence-corrected chi connectivity index (χ4v) is 1.24. The molecule has 2 atom stereocenters. The van der Waals surface area contributed by atoms with Crippen molar-refractivity contribution in [3.05, 3.63) is 0 Å². The number of hydrogen-bond donors (Lipinski definition) is 1. The second-order valence-corrected chi connectivity index (χ2v) is 3.41. The number of carbonyl (C=O) groups excluding carboxylic acids is 1. The predicted molar refractivity (Wildman–Crippen MR) is 44.1 cm³/mol. The van der Waals surface area contributed by atoms with E-state index in [1.807, 2.05) is 6.92 Å². The lowest BCUT2D eigenvalue weighted by Gasteiger charge is -2.06. The van der Waals surface area contributed by atoms with Crippen molar-refractivity contribution in [1.82, 2.24) is 4.90 Å². The van der Waals surface area contributed by atoms with Crippen molar-refractivity contribution in [2.75, 3.05) is 13.1 Å². The van der Waals surface area contributed by atoms with Crippen LogP contribution in [0.3, 0.4) is 0 Å². The molecule has 1 aliphatic heterocycles. The zero-order chi connectivity index (χ0) is 8.48. The molecule has 0 saturated carbocycles. The van der Waals surface area contributed by atoms with Crippen molar-refractivity contribution < 1.29 is 4.79 Å². The topological polar surface area (TPSA) is 46.1 Å². The standard InChI is InChI=1S/C8H16N2O/c1-3-4-5-10-6-8(10,2)7(9)11/h3-6H2,1-2H3,(H2,9,11). The molecule has 1 heterocycles. The molecule has 0 aromatic carbocycles. The fraction of sp³-hybridized carbons (Fsp3) is 0.875. The summed E-state index contributed by atoms with van der Waals surface area (Å²) in [6.07, 6.45) is 2.33. The van der Waals surface area contributed by atoms with E-state index in [4.69, 9.17) is 5.73 Å². The average molecular weight is 156 g/mol. The van der Waals surface area contributed by atoms with Crippen LogP contribution in [0.5, 0.6) is 0 Å². The molecule has 2 unspecified atom stereocenters. The van der Waals surface area contributed by atoms with E-state index in [0.717, 1.165) is 19.5 Å². The van der Waals surface area contributed by atoms with Crippen LogP contribution in [0, 0.1) is 0 Å². The Hall–Kier alpha value is -0.570. The third kappa shape index (κ3) is 1.53. The maximum Gasteiger partial charge on any atom is 0.238 e. The Bertz CT molecular complexity index is 169. The van der Waals surface area contributed by atoms with Gasteiger partial charge in [0.2, 0.25) is 5.91 Å². The number of nitrogens with zero attached hydrogens (tertiary/aromatic N) is 1. The Morgan fingerprint density at radius 3 is 2.73 bits per heavy atom. The Kier molecular flexibility index (Phi) is 2.18. The van der Waals surface area contributed by atoms with Gasteiger partial charge in [-0.2, -0.15) is 0 Å². The van der Waals surface area contributed by atoms with Crippen molar-refractivity contribution >= 4 is 5.91 Å². The summed E-state index contributed by atoms with van der Waals surface area (Å²) in [6.45, 7) is 5.91. The Labute approximate surface area is 67.5 Å². The van der Waals surface area contributed by atoms with Crippen LogP contribution < -0.4 is 5.73 Å². The lowest BCUT2D eigenvalue weighted by atomic mass is 10.2. The first-order chi connectivity index (χ1) is 5.11. The van der Waals surface area contributed by atoms with Gasteiger partial charge in [0.1, 0.15) is 5.54 Å². The molecular formula is C8H16N2O. The normalized spacial score (nSPS) is 35.3. The highest BCUT2D eigenvalue weighted by Crippen LogP contribution is 2.31. The highest BCUT2D eigenvalue weighted by molar-refractivity contribution is 5.87. The smallest absolute Gasteiger partial charge is 0.238 e. The van der Waals surface area contributed by atoms with E-state index in [0.29, 0.717) is 0 Å². The number of unbranched alkanes of at least 4 members (excludes halogenated alkanes) is 1. The third-order valence-electron chi connectivity index (χ3n) is 2.41. The molecule has 0 bridgehead atoms. The number of carbonyl (C=O) groups is 1. The van der Waals surface area contributed by atoms with Gasteiger partial charge in [-0.3, -0.25) is 9.69 Å². The molecule has 3 heteroatoms. The van der Waals surface area contributed by atoms with E-state index in [9.17, 15) is 4.79 Å². The van der Waals surface area contributed by atoms with E-state index < -0.39 is 0 Å². The van der Waals surface area contributed by atoms with Gasteiger partial charge in [0.05, 0.1) is 0 Å². The second kappa shape index (κ2) is 2.81. The van der Waals surface area contributed by atoms with Gasteiger partial charge in [-0.1, -0.05) is 13.3 Å². The SMILES string of the molecule is CCCCN1CC1(C)C(N)=O. The van der Waals surface area contributed by atoms with E-state index in [1.165, 1.54) is 6.42 Å². The molecule has 1 rings (SSSR count). The van der Waals surface area contributed by atoms with Crippen molar-refractivity contribution in [3.63, 3.8) is 0 Å². The first-order valence-electron chi connectivity index (χ1n) is 4.16. The van der Waals surface area contributed by atoms with Gasteiger partial charge in [-0.15, -0.1) is 0 Å². The number of amides is 1. The van der Waals surface area contributed by atoms with Crippen LogP contribution in [0.25, 0.3) is 0 Å². The molecule has 1 fully saturated rings. The van der Waals surface area contributed by atoms with Crippen LogP contribution in [0.1, 0.15) is 26.7 Å². The molecule has 2 N–H and O–H groups in total. The Balaban J connectivity index is 2.29. The van der Waals surface area contributed by atoms with Gasteiger partial charge in [0.15, 0.2) is 0 Å². The minimum Gasteiger partial charge on any atom is -0.368 e. The maximum atomic E-state index is 10.8. The quantitative estimate of drug-likeness (QED) is 0.597. The lowest BCUT2D eigenvalue weighted by Crippen LogP contribution is -2.33. The summed E-state index contributed by atoms with van der Waals surface area (Å²) in [5, 5.41) is 0. The third-order valence-corrected chi connectivity index (χ3v) is 2.41. The Morgan fingerprint density at radius 1 is 1.73 bits per heavy atom. The molecule has 0 aliphatic carbocycles. The molecule has 64 valence electrons. The van der Waals surface area contributed by atoms with Crippen LogP contribution in [0.2, 0.25) is 0 Å². The number of rotatable bonds is 4. The molecule has 1 aliphatic rings. The Morgan fingerprint density at radius 2 is 2.36 bits per heavy atom. The second-order valence-electron chi connectivity index (χ2n) is 3.41. The molecule has 0 radical (unpaired) electrons. The minimum absolute atomic E-state index is 0.186. The number of nitrogens with two attached hydrogens (primary N) is 1. The van der Waals surface area contributed by atoms with E-state index in [-0.39, 0.29) is 11.4 Å². The highest BCUT2D eigenvalue weighted by Gasteiger charge is 2.51. The first kappa shape index (κ1) is 8.53. The largest absolute Gasteiger partial charge is 0.368 e. The highest BCUT2D eigenvalue weighted by atomic mass is 16.2. The van der Waals surface area contributed by atoms with Crippen molar-refractivity contribution in [3.8, 4) is 0 Å². The summed E-state index contributed by atoms with van der Waals surface area (Å²) in [7, 11) is 0. The van der Waals surface area contributed by atoms with Crippen LogP contribution >= 0.6 is 0 Å². The van der Waals surface area contributed by atoms with Gasteiger partial charge in [-0.25, -0.2) is 0 Å². The van der Waals surface area contributed by atoms with Crippen LogP contribution in [-0.4, -0.2) is 29.4 Å². The number of primary amides is 1. The predicted octanol–water partition coefficient (Wildman–Crippen LogP) is 0.346. The van der Waals surface area contributed by atoms with Crippen molar-refractivity contribution in [2.45, 2.75) is 32.2 Å². The van der Waals surface area contributed by atoms with Crippen LogP contribution in [0.4, 0.5) is 0 Å². The molecular weight excluding hydrogens is 140 g/mol. The van der Waals surface area contributed by atoms with Gasteiger partial charge in [0.25, 0.3) is 0 Å². The van der Waals surface area contributed by atoms with E-state index in [2.05, 4.69) is 11.8 Å². The molecule has 11 heavy (non-hydrogen) atoms. The summed E-state index contributed by atoms with van der Waals surface area (Å²) in [5.41, 5.74) is 4.90. The summed E-state index contributed by atoms with van der Waals surface area (Å²) in [5.74, 6) is -0.186. The fourth-order valence-electron chi connectivity index (χ4n) is 1.24. The van der Waals surface area contributed by atoms with Crippen molar-refractivity contribution in [1.29, 1.82) is 0 Å². The zero-order valence-corrected chi connectivity index (χ0v) is 7.26. The summed E-state index contributed by atoms with van der Waals surface area (Å²) < 4.78 is 0. The lowest BCUT2D eigenvalue weighted by molar-refractivity contribution is -0.121. The molecule has 1 saturated heterocycles. The van der Waals surface area contributed by atoms with Crippen LogP contribution in [-0.2, 0) is 4.79 Å². The van der Waals surface area contributed by atoms with Gasteiger partial charge in [0, 0.05) is 6.54 Å². The van der Waals surface area contributed by atoms with E-state index >= 15 is 0 Å². The zero-order valence-electron chi connectivity index (χ0n) is 7.26. The summed E-state index contributed by atoms with van der Waals surface area (Å²) >= 11 is 0. The van der Waals surface area contributed by atoms with Gasteiger partial charge < -0.3 is 5.73 Å². The molecule has 0 aromatic rings. The van der Waals surface area contributed by atoms with Gasteiger partial charge in [-0.05, 0) is 19.9 Å². The van der Waals surface area contributed by atoms with Crippen molar-refractivity contribution in [2.24, 2.45) is 5.73 Å². The molecule has 0 aromatic heterocycles. The maximum absolute atomic E-state index is 10.8. The van der Waals surface area contributed by atoms with E-state index in [1.54, 1.807) is 0 Å². The average Bonchev–Trinajstić information content (AvgIpc) is 2.59. The molecule has 1 amide bonds. The summed E-state index contributed by atoms with van der Waals surface area (Å²) in [6, 6.07) is 0. The number of hydrogen-bond acceptors (Lipinski definition) is 2. The molecule has 3 nitrogen and oxygen atoms in total. The van der Waals surface area contributed by atoms with Gasteiger partial charge >= 0.3 is 0 Å². The first-order valence-corrected chi connectivity index (χ1v) is 4.16. The summed E-state index contributed by atoms with van der Waals surface area (Å²) in [4.78, 5) is 13.0. The minimum atomic E-state index is -0.310. The monoisotopic (exact) mass is 156 g/mol. The molecule has 0 spiro atoms.